The van der Waals surface area contributed by atoms with E-state index >= 15 is 0 Å². The fourth-order valence-corrected chi connectivity index (χ4v) is 2.69. The van der Waals surface area contributed by atoms with Crippen LogP contribution in [0, 0.1) is 0 Å². The highest BCUT2D eigenvalue weighted by molar-refractivity contribution is 5.74. The molecule has 2 rings (SSSR count). The number of amides is 2. The Bertz CT molecular complexity index is 541. The van der Waals surface area contributed by atoms with E-state index in [1.807, 2.05) is 0 Å². The third kappa shape index (κ3) is 6.21. The van der Waals surface area contributed by atoms with Gasteiger partial charge in [0.25, 0.3) is 0 Å². The number of halogens is 3. The third-order valence-corrected chi connectivity index (χ3v) is 4.15. The number of nitrogens with zero attached hydrogens (tertiary/aromatic N) is 2. The first kappa shape index (κ1) is 19.5. The number of ether oxygens (including phenoxy) is 1. The number of piperazine rings is 1. The molecule has 0 saturated carbocycles. The molecule has 25 heavy (non-hydrogen) atoms. The first-order valence-corrected chi connectivity index (χ1v) is 8.30. The van der Waals surface area contributed by atoms with Crippen LogP contribution in [0.1, 0.15) is 17.5 Å². The molecule has 1 aromatic rings. The Labute approximate surface area is 145 Å². The van der Waals surface area contributed by atoms with Gasteiger partial charge in [-0.15, -0.1) is 0 Å². The molecule has 0 bridgehead atoms. The second kappa shape index (κ2) is 9.05. The Morgan fingerprint density at radius 2 is 1.80 bits per heavy atom. The SMILES string of the molecule is COCCCNC(=O)N1CCN(Cc2ccc(C(F)(F)F)cc2)CC1. The number of carbonyl (C=O) groups is 1. The summed E-state index contributed by atoms with van der Waals surface area (Å²) in [5, 5.41) is 2.85. The zero-order valence-electron chi connectivity index (χ0n) is 14.3. The number of benzene rings is 1. The van der Waals surface area contributed by atoms with Crippen LogP contribution in [-0.2, 0) is 17.5 Å². The first-order chi connectivity index (χ1) is 11.9. The van der Waals surface area contributed by atoms with Gasteiger partial charge < -0.3 is 15.0 Å². The van der Waals surface area contributed by atoms with E-state index in [1.165, 1.54) is 12.1 Å². The molecule has 1 fully saturated rings. The van der Waals surface area contributed by atoms with Crippen molar-refractivity contribution in [3.05, 3.63) is 35.4 Å². The van der Waals surface area contributed by atoms with E-state index in [-0.39, 0.29) is 6.03 Å². The second-order valence-corrected chi connectivity index (χ2v) is 6.04. The van der Waals surface area contributed by atoms with Crippen molar-refractivity contribution in [3.63, 3.8) is 0 Å². The smallest absolute Gasteiger partial charge is 0.385 e. The number of rotatable bonds is 6. The number of hydrogen-bond donors (Lipinski definition) is 1. The Hall–Kier alpha value is -1.80. The van der Waals surface area contributed by atoms with Crippen LogP contribution in [0.2, 0.25) is 0 Å². The highest BCUT2D eigenvalue weighted by Crippen LogP contribution is 2.29. The topological polar surface area (TPSA) is 44.8 Å². The number of hydrogen-bond acceptors (Lipinski definition) is 3. The summed E-state index contributed by atoms with van der Waals surface area (Å²) in [4.78, 5) is 15.9. The van der Waals surface area contributed by atoms with Gasteiger partial charge in [-0.25, -0.2) is 4.79 Å². The predicted octanol–water partition coefficient (Wildman–Crippen LogP) is 2.57. The molecule has 1 aliphatic heterocycles. The second-order valence-electron chi connectivity index (χ2n) is 6.04. The zero-order valence-corrected chi connectivity index (χ0v) is 14.3. The third-order valence-electron chi connectivity index (χ3n) is 4.15. The quantitative estimate of drug-likeness (QED) is 0.794. The van der Waals surface area contributed by atoms with Gasteiger partial charge in [-0.1, -0.05) is 12.1 Å². The summed E-state index contributed by atoms with van der Waals surface area (Å²) in [7, 11) is 1.62. The van der Waals surface area contributed by atoms with Crippen LogP contribution in [0.25, 0.3) is 0 Å². The number of methoxy groups -OCH3 is 1. The minimum atomic E-state index is -4.30. The Kier molecular flexibility index (Phi) is 7.07. The molecule has 0 spiro atoms. The molecular formula is C17H24F3N3O2. The standard InChI is InChI=1S/C17H24F3N3O2/c1-25-12-2-7-21-16(24)23-10-8-22(9-11-23)13-14-3-5-15(6-4-14)17(18,19)20/h3-6H,2,7-13H2,1H3,(H,21,24). The predicted molar refractivity (Wildman–Crippen MR) is 88.2 cm³/mol. The van der Waals surface area contributed by atoms with E-state index in [0.29, 0.717) is 45.9 Å². The molecule has 1 aromatic carbocycles. The average Bonchev–Trinajstić information content (AvgIpc) is 2.59. The van der Waals surface area contributed by atoms with E-state index in [1.54, 1.807) is 12.0 Å². The fraction of sp³-hybridized carbons (Fsp3) is 0.588. The van der Waals surface area contributed by atoms with Gasteiger partial charge in [0.05, 0.1) is 5.56 Å². The van der Waals surface area contributed by atoms with E-state index in [2.05, 4.69) is 10.2 Å². The number of nitrogens with one attached hydrogen (secondary N) is 1. The highest BCUT2D eigenvalue weighted by Gasteiger charge is 2.30. The average molecular weight is 359 g/mol. The summed E-state index contributed by atoms with van der Waals surface area (Å²) in [5.41, 5.74) is 0.205. The summed E-state index contributed by atoms with van der Waals surface area (Å²) in [5.74, 6) is 0. The molecule has 0 radical (unpaired) electrons. The van der Waals surface area contributed by atoms with Crippen molar-refractivity contribution in [2.45, 2.75) is 19.1 Å². The molecule has 1 aliphatic rings. The summed E-state index contributed by atoms with van der Waals surface area (Å²) in [6.45, 7) is 4.40. The van der Waals surface area contributed by atoms with Crippen molar-refractivity contribution in [2.24, 2.45) is 0 Å². The Balaban J connectivity index is 1.74. The molecule has 5 nitrogen and oxygen atoms in total. The molecule has 1 heterocycles. The van der Waals surface area contributed by atoms with Crippen LogP contribution in [0.15, 0.2) is 24.3 Å². The van der Waals surface area contributed by atoms with Crippen molar-refractivity contribution in [1.29, 1.82) is 0 Å². The van der Waals surface area contributed by atoms with Crippen molar-refractivity contribution in [3.8, 4) is 0 Å². The molecule has 0 atom stereocenters. The van der Waals surface area contributed by atoms with E-state index in [0.717, 1.165) is 24.1 Å². The molecule has 1 saturated heterocycles. The summed E-state index contributed by atoms with van der Waals surface area (Å²) >= 11 is 0. The Morgan fingerprint density at radius 1 is 1.16 bits per heavy atom. The maximum absolute atomic E-state index is 12.6. The van der Waals surface area contributed by atoms with Gasteiger partial charge in [0.15, 0.2) is 0 Å². The lowest BCUT2D eigenvalue weighted by molar-refractivity contribution is -0.137. The van der Waals surface area contributed by atoms with Gasteiger partial charge in [-0.3, -0.25) is 4.90 Å². The molecule has 1 N–H and O–H groups in total. The summed E-state index contributed by atoms with van der Waals surface area (Å²) < 4.78 is 42.6. The molecule has 0 unspecified atom stereocenters. The van der Waals surface area contributed by atoms with Crippen LogP contribution in [0.3, 0.4) is 0 Å². The monoisotopic (exact) mass is 359 g/mol. The van der Waals surface area contributed by atoms with E-state index in [9.17, 15) is 18.0 Å². The summed E-state index contributed by atoms with van der Waals surface area (Å²) in [6, 6.07) is 5.17. The van der Waals surface area contributed by atoms with Gasteiger partial charge in [0, 0.05) is 53.0 Å². The van der Waals surface area contributed by atoms with Crippen LogP contribution in [-0.4, -0.2) is 62.3 Å². The van der Waals surface area contributed by atoms with Crippen LogP contribution < -0.4 is 5.32 Å². The largest absolute Gasteiger partial charge is 0.416 e. The number of urea groups is 1. The molecule has 0 aliphatic carbocycles. The lowest BCUT2D eigenvalue weighted by Gasteiger charge is -2.34. The van der Waals surface area contributed by atoms with Gasteiger partial charge in [0.2, 0.25) is 0 Å². The number of carbonyl (C=O) groups excluding carboxylic acids is 1. The minimum absolute atomic E-state index is 0.0784. The van der Waals surface area contributed by atoms with E-state index < -0.39 is 11.7 Å². The molecule has 2 amide bonds. The van der Waals surface area contributed by atoms with Gasteiger partial charge in [0.1, 0.15) is 0 Å². The summed E-state index contributed by atoms with van der Waals surface area (Å²) in [6.07, 6.45) is -3.53. The zero-order chi connectivity index (χ0) is 18.3. The fourth-order valence-electron chi connectivity index (χ4n) is 2.69. The molecule has 0 aromatic heterocycles. The molecule has 8 heteroatoms. The molecular weight excluding hydrogens is 335 g/mol. The lowest BCUT2D eigenvalue weighted by Crippen LogP contribution is -2.51. The van der Waals surface area contributed by atoms with Crippen molar-refractivity contribution in [1.82, 2.24) is 15.1 Å². The normalized spacial score (nSPS) is 16.1. The first-order valence-electron chi connectivity index (χ1n) is 8.30. The van der Waals surface area contributed by atoms with Gasteiger partial charge in [-0.05, 0) is 24.1 Å². The van der Waals surface area contributed by atoms with E-state index in [4.69, 9.17) is 4.74 Å². The van der Waals surface area contributed by atoms with Crippen LogP contribution in [0.5, 0.6) is 0 Å². The van der Waals surface area contributed by atoms with Crippen LogP contribution in [0.4, 0.5) is 18.0 Å². The van der Waals surface area contributed by atoms with Gasteiger partial charge in [-0.2, -0.15) is 13.2 Å². The van der Waals surface area contributed by atoms with Gasteiger partial charge >= 0.3 is 12.2 Å². The maximum Gasteiger partial charge on any atom is 0.416 e. The van der Waals surface area contributed by atoms with Crippen molar-refractivity contribution in [2.75, 3.05) is 46.4 Å². The Morgan fingerprint density at radius 3 is 2.36 bits per heavy atom. The maximum atomic E-state index is 12.6. The van der Waals surface area contributed by atoms with Crippen LogP contribution >= 0.6 is 0 Å². The lowest BCUT2D eigenvalue weighted by atomic mass is 10.1. The van der Waals surface area contributed by atoms with Crippen molar-refractivity contribution >= 4 is 6.03 Å². The molecule has 140 valence electrons. The highest BCUT2D eigenvalue weighted by atomic mass is 19.4. The minimum Gasteiger partial charge on any atom is -0.385 e. The van der Waals surface area contributed by atoms with Crippen molar-refractivity contribution < 1.29 is 22.7 Å². The number of alkyl halides is 3.